The lowest BCUT2D eigenvalue weighted by Crippen LogP contribution is -2.08. The van der Waals surface area contributed by atoms with Crippen LogP contribution < -0.4 is 0 Å². The summed E-state index contributed by atoms with van der Waals surface area (Å²) in [5.74, 6) is 0.111. The minimum Gasteiger partial charge on any atom is -0.385 e. The number of halogens is 1. The molecule has 0 fully saturated rings. The van der Waals surface area contributed by atoms with E-state index in [0.29, 0.717) is 13.0 Å². The maximum absolute atomic E-state index is 11.9. The highest BCUT2D eigenvalue weighted by Gasteiger charge is 2.16. The SMILES string of the molecule is COCCCCS(=O)(=O)c1ccccc1Cl. The molecule has 90 valence electrons. The Balaban J connectivity index is 2.68. The van der Waals surface area contributed by atoms with E-state index >= 15 is 0 Å². The Morgan fingerprint density at radius 2 is 1.94 bits per heavy atom. The highest BCUT2D eigenvalue weighted by atomic mass is 35.5. The third-order valence-electron chi connectivity index (χ3n) is 2.18. The summed E-state index contributed by atoms with van der Waals surface area (Å²) in [7, 11) is -1.66. The molecule has 0 radical (unpaired) electrons. The van der Waals surface area contributed by atoms with Gasteiger partial charge in [0, 0.05) is 13.7 Å². The van der Waals surface area contributed by atoms with Crippen LogP contribution in [0.4, 0.5) is 0 Å². The van der Waals surface area contributed by atoms with E-state index < -0.39 is 9.84 Å². The molecule has 0 saturated heterocycles. The summed E-state index contributed by atoms with van der Waals surface area (Å²) in [6, 6.07) is 6.51. The quantitative estimate of drug-likeness (QED) is 0.740. The fraction of sp³-hybridized carbons (Fsp3) is 0.455. The lowest BCUT2D eigenvalue weighted by Gasteiger charge is -2.05. The second-order valence-corrected chi connectivity index (χ2v) is 5.93. The predicted octanol–water partition coefficient (Wildman–Crippen LogP) is 2.54. The van der Waals surface area contributed by atoms with Gasteiger partial charge in [-0.15, -0.1) is 0 Å². The Morgan fingerprint density at radius 1 is 1.25 bits per heavy atom. The lowest BCUT2D eigenvalue weighted by molar-refractivity contribution is 0.194. The number of ether oxygens (including phenoxy) is 1. The van der Waals surface area contributed by atoms with E-state index in [1.807, 2.05) is 0 Å². The smallest absolute Gasteiger partial charge is 0.179 e. The van der Waals surface area contributed by atoms with Gasteiger partial charge in [0.1, 0.15) is 0 Å². The average Bonchev–Trinajstić information content (AvgIpc) is 2.25. The summed E-state index contributed by atoms with van der Waals surface area (Å²) in [5, 5.41) is 0.286. The topological polar surface area (TPSA) is 43.4 Å². The van der Waals surface area contributed by atoms with Crippen LogP contribution in [0.15, 0.2) is 29.2 Å². The second-order valence-electron chi connectivity index (χ2n) is 3.45. The number of benzene rings is 1. The van der Waals surface area contributed by atoms with E-state index in [9.17, 15) is 8.42 Å². The molecule has 0 aliphatic rings. The van der Waals surface area contributed by atoms with Gasteiger partial charge in [0.05, 0.1) is 15.7 Å². The van der Waals surface area contributed by atoms with Crippen LogP contribution in [0, 0.1) is 0 Å². The molecule has 0 amide bonds. The van der Waals surface area contributed by atoms with Gasteiger partial charge in [-0.25, -0.2) is 8.42 Å². The van der Waals surface area contributed by atoms with Crippen molar-refractivity contribution in [3.8, 4) is 0 Å². The number of hydrogen-bond acceptors (Lipinski definition) is 3. The zero-order chi connectivity index (χ0) is 12.0. The van der Waals surface area contributed by atoms with Crippen LogP contribution >= 0.6 is 11.6 Å². The van der Waals surface area contributed by atoms with E-state index in [1.54, 1.807) is 25.3 Å². The molecule has 0 N–H and O–H groups in total. The van der Waals surface area contributed by atoms with Crippen molar-refractivity contribution >= 4 is 21.4 Å². The fourth-order valence-electron chi connectivity index (χ4n) is 1.35. The summed E-state index contributed by atoms with van der Waals surface area (Å²) in [6.07, 6.45) is 1.32. The maximum Gasteiger partial charge on any atom is 0.179 e. The first-order chi connectivity index (χ1) is 7.58. The van der Waals surface area contributed by atoms with Crippen LogP contribution in [0.25, 0.3) is 0 Å². The van der Waals surface area contributed by atoms with Crippen molar-refractivity contribution in [1.82, 2.24) is 0 Å². The van der Waals surface area contributed by atoms with Gasteiger partial charge in [-0.05, 0) is 25.0 Å². The molecular weight excluding hydrogens is 248 g/mol. The maximum atomic E-state index is 11.9. The summed E-state index contributed by atoms with van der Waals surface area (Å²) in [4.78, 5) is 0.217. The van der Waals surface area contributed by atoms with Crippen molar-refractivity contribution in [3.05, 3.63) is 29.3 Å². The Hall–Kier alpha value is -0.580. The minimum absolute atomic E-state index is 0.111. The van der Waals surface area contributed by atoms with E-state index in [1.165, 1.54) is 6.07 Å². The Labute approximate surface area is 101 Å². The molecule has 0 spiro atoms. The third kappa shape index (κ3) is 3.77. The highest BCUT2D eigenvalue weighted by molar-refractivity contribution is 7.91. The second kappa shape index (κ2) is 6.23. The molecule has 16 heavy (non-hydrogen) atoms. The van der Waals surface area contributed by atoms with Crippen molar-refractivity contribution in [2.24, 2.45) is 0 Å². The minimum atomic E-state index is -3.26. The molecule has 0 heterocycles. The predicted molar refractivity (Wildman–Crippen MR) is 64.6 cm³/mol. The van der Waals surface area contributed by atoms with Gasteiger partial charge < -0.3 is 4.74 Å². The number of sulfone groups is 1. The fourth-order valence-corrected chi connectivity index (χ4v) is 3.29. The van der Waals surface area contributed by atoms with Crippen molar-refractivity contribution in [1.29, 1.82) is 0 Å². The summed E-state index contributed by atoms with van der Waals surface area (Å²) >= 11 is 5.84. The van der Waals surface area contributed by atoms with Crippen LogP contribution in [0.1, 0.15) is 12.8 Å². The van der Waals surface area contributed by atoms with Gasteiger partial charge in [-0.3, -0.25) is 0 Å². The summed E-state index contributed by atoms with van der Waals surface area (Å²) < 4.78 is 28.6. The molecule has 1 aromatic carbocycles. The number of methoxy groups -OCH3 is 1. The molecule has 1 aromatic rings. The van der Waals surface area contributed by atoms with Crippen LogP contribution in [0.2, 0.25) is 5.02 Å². The van der Waals surface area contributed by atoms with Crippen LogP contribution in [-0.4, -0.2) is 27.9 Å². The molecule has 0 saturated carbocycles. The molecule has 3 nitrogen and oxygen atoms in total. The molecule has 0 aromatic heterocycles. The van der Waals surface area contributed by atoms with Gasteiger partial charge in [0.2, 0.25) is 0 Å². The van der Waals surface area contributed by atoms with Crippen LogP contribution in [-0.2, 0) is 14.6 Å². The Morgan fingerprint density at radius 3 is 2.56 bits per heavy atom. The largest absolute Gasteiger partial charge is 0.385 e. The molecule has 0 atom stereocenters. The standard InChI is InChI=1S/C11H15ClO3S/c1-15-8-4-5-9-16(13,14)11-7-3-2-6-10(11)12/h2-3,6-7H,4-5,8-9H2,1H3. The van der Waals surface area contributed by atoms with E-state index in [2.05, 4.69) is 0 Å². The van der Waals surface area contributed by atoms with Crippen LogP contribution in [0.5, 0.6) is 0 Å². The van der Waals surface area contributed by atoms with Gasteiger partial charge in [-0.1, -0.05) is 23.7 Å². The molecule has 0 aliphatic heterocycles. The molecule has 5 heteroatoms. The van der Waals surface area contributed by atoms with E-state index in [-0.39, 0.29) is 15.7 Å². The number of hydrogen-bond donors (Lipinski definition) is 0. The monoisotopic (exact) mass is 262 g/mol. The van der Waals surface area contributed by atoms with Crippen molar-refractivity contribution < 1.29 is 13.2 Å². The zero-order valence-corrected chi connectivity index (χ0v) is 10.7. The third-order valence-corrected chi connectivity index (χ3v) is 4.48. The first kappa shape index (κ1) is 13.5. The summed E-state index contributed by atoms with van der Waals surface area (Å²) in [5.41, 5.74) is 0. The zero-order valence-electron chi connectivity index (χ0n) is 9.15. The van der Waals surface area contributed by atoms with E-state index in [4.69, 9.17) is 16.3 Å². The van der Waals surface area contributed by atoms with Gasteiger partial charge in [0.15, 0.2) is 9.84 Å². The number of unbranched alkanes of at least 4 members (excludes halogenated alkanes) is 1. The van der Waals surface area contributed by atoms with Crippen molar-refractivity contribution in [2.75, 3.05) is 19.5 Å². The lowest BCUT2D eigenvalue weighted by atomic mass is 10.4. The van der Waals surface area contributed by atoms with Gasteiger partial charge in [-0.2, -0.15) is 0 Å². The van der Waals surface area contributed by atoms with Gasteiger partial charge >= 0.3 is 0 Å². The average molecular weight is 263 g/mol. The Bertz CT molecular complexity index is 429. The number of rotatable bonds is 6. The van der Waals surface area contributed by atoms with Crippen molar-refractivity contribution in [2.45, 2.75) is 17.7 Å². The molecule has 0 aliphatic carbocycles. The summed E-state index contributed by atoms with van der Waals surface area (Å²) in [6.45, 7) is 0.581. The van der Waals surface area contributed by atoms with E-state index in [0.717, 1.165) is 6.42 Å². The molecular formula is C11H15ClO3S. The highest BCUT2D eigenvalue weighted by Crippen LogP contribution is 2.22. The normalized spacial score (nSPS) is 11.6. The first-order valence-corrected chi connectivity index (χ1v) is 7.07. The van der Waals surface area contributed by atoms with Gasteiger partial charge in [0.25, 0.3) is 0 Å². The Kier molecular flexibility index (Phi) is 5.25. The van der Waals surface area contributed by atoms with Crippen molar-refractivity contribution in [3.63, 3.8) is 0 Å². The molecule has 0 bridgehead atoms. The van der Waals surface area contributed by atoms with Crippen LogP contribution in [0.3, 0.4) is 0 Å². The first-order valence-electron chi connectivity index (χ1n) is 5.04. The molecule has 1 rings (SSSR count). The molecule has 0 unspecified atom stereocenters.